The number of benzene rings is 1. The molecule has 0 saturated carbocycles. The second kappa shape index (κ2) is 6.42. The first-order chi connectivity index (χ1) is 9.13. The Hall–Kier alpha value is -1.02. The third kappa shape index (κ3) is 3.30. The summed E-state index contributed by atoms with van der Waals surface area (Å²) in [5, 5.41) is 3.47. The molecule has 1 N–H and O–H groups in total. The highest BCUT2D eigenvalue weighted by atomic mass is 15.2. The molecule has 1 saturated heterocycles. The van der Waals surface area contributed by atoms with Crippen LogP contribution in [-0.2, 0) is 6.54 Å². The summed E-state index contributed by atoms with van der Waals surface area (Å²) in [6, 6.07) is 7.62. The summed E-state index contributed by atoms with van der Waals surface area (Å²) in [4.78, 5) is 2.64. The molecule has 0 spiro atoms. The summed E-state index contributed by atoms with van der Waals surface area (Å²) >= 11 is 0. The molecule has 0 amide bonds. The Morgan fingerprint density at radius 2 is 2.16 bits per heavy atom. The zero-order valence-corrected chi connectivity index (χ0v) is 12.9. The molecule has 0 aliphatic carbocycles. The zero-order valence-electron chi connectivity index (χ0n) is 12.9. The van der Waals surface area contributed by atoms with E-state index in [2.05, 4.69) is 56.1 Å². The first-order valence-corrected chi connectivity index (χ1v) is 7.70. The van der Waals surface area contributed by atoms with E-state index in [9.17, 15) is 0 Å². The van der Waals surface area contributed by atoms with Gasteiger partial charge >= 0.3 is 0 Å². The van der Waals surface area contributed by atoms with Crippen molar-refractivity contribution in [1.29, 1.82) is 0 Å². The Balaban J connectivity index is 2.27. The summed E-state index contributed by atoms with van der Waals surface area (Å²) in [7, 11) is 0. The Kier molecular flexibility index (Phi) is 4.87. The average Bonchev–Trinajstić information content (AvgIpc) is 2.85. The van der Waals surface area contributed by atoms with Crippen LogP contribution in [0.5, 0.6) is 0 Å². The van der Waals surface area contributed by atoms with Gasteiger partial charge in [-0.15, -0.1) is 0 Å². The van der Waals surface area contributed by atoms with Gasteiger partial charge < -0.3 is 10.2 Å². The lowest BCUT2D eigenvalue weighted by atomic mass is 10.00. The minimum absolute atomic E-state index is 0.711. The van der Waals surface area contributed by atoms with Crippen LogP contribution in [-0.4, -0.2) is 19.1 Å². The van der Waals surface area contributed by atoms with Crippen molar-refractivity contribution in [2.24, 2.45) is 5.92 Å². The molecule has 1 atom stereocenters. The van der Waals surface area contributed by atoms with Crippen LogP contribution in [0.2, 0.25) is 0 Å². The van der Waals surface area contributed by atoms with E-state index in [1.54, 1.807) is 0 Å². The molecule has 2 rings (SSSR count). The highest BCUT2D eigenvalue weighted by Crippen LogP contribution is 2.32. The van der Waals surface area contributed by atoms with Gasteiger partial charge in [0.25, 0.3) is 0 Å². The molecular weight excluding hydrogens is 232 g/mol. The number of hydrogen-bond donors (Lipinski definition) is 1. The quantitative estimate of drug-likeness (QED) is 0.868. The largest absolute Gasteiger partial charge is 0.368 e. The second-order valence-electron chi connectivity index (χ2n) is 6.06. The second-order valence-corrected chi connectivity index (χ2v) is 6.06. The van der Waals surface area contributed by atoms with Gasteiger partial charge in [-0.25, -0.2) is 0 Å². The zero-order chi connectivity index (χ0) is 13.8. The van der Waals surface area contributed by atoms with Gasteiger partial charge in [0.05, 0.1) is 0 Å². The number of aryl methyl sites for hydroxylation is 1. The lowest BCUT2D eigenvalue weighted by Crippen LogP contribution is -2.34. The fourth-order valence-electron chi connectivity index (χ4n) is 3.18. The molecule has 1 unspecified atom stereocenters. The van der Waals surface area contributed by atoms with Crippen LogP contribution < -0.4 is 10.2 Å². The van der Waals surface area contributed by atoms with Crippen molar-refractivity contribution in [2.75, 3.05) is 18.0 Å². The number of nitrogens with zero attached hydrogens (tertiary/aromatic N) is 1. The van der Waals surface area contributed by atoms with Gasteiger partial charge in [0.1, 0.15) is 0 Å². The number of anilines is 1. The van der Waals surface area contributed by atoms with E-state index in [0.717, 1.165) is 19.0 Å². The maximum atomic E-state index is 3.47. The van der Waals surface area contributed by atoms with Gasteiger partial charge in [-0.1, -0.05) is 38.5 Å². The van der Waals surface area contributed by atoms with E-state index in [1.165, 1.54) is 36.2 Å². The normalized spacial score (nSPS) is 19.4. The SMILES string of the molecule is CCNCc1cc(C)ccc1N1CCCC1C(C)C. The molecule has 1 aliphatic rings. The van der Waals surface area contributed by atoms with Crippen molar-refractivity contribution in [2.45, 2.75) is 53.1 Å². The molecule has 2 nitrogen and oxygen atoms in total. The molecule has 1 aromatic rings. The smallest absolute Gasteiger partial charge is 0.0414 e. The van der Waals surface area contributed by atoms with E-state index in [4.69, 9.17) is 0 Å². The van der Waals surface area contributed by atoms with Crippen molar-refractivity contribution in [3.05, 3.63) is 29.3 Å². The Labute approximate surface area is 118 Å². The van der Waals surface area contributed by atoms with Crippen molar-refractivity contribution in [3.8, 4) is 0 Å². The summed E-state index contributed by atoms with van der Waals surface area (Å²) in [6.07, 6.45) is 2.67. The molecule has 1 heterocycles. The van der Waals surface area contributed by atoms with Gasteiger partial charge in [0.15, 0.2) is 0 Å². The van der Waals surface area contributed by atoms with Crippen molar-refractivity contribution in [3.63, 3.8) is 0 Å². The first-order valence-electron chi connectivity index (χ1n) is 7.70. The van der Waals surface area contributed by atoms with Crippen molar-refractivity contribution in [1.82, 2.24) is 5.32 Å². The van der Waals surface area contributed by atoms with Crippen LogP contribution in [0, 0.1) is 12.8 Å². The lowest BCUT2D eigenvalue weighted by Gasteiger charge is -2.31. The fraction of sp³-hybridized carbons (Fsp3) is 0.647. The monoisotopic (exact) mass is 260 g/mol. The molecule has 19 heavy (non-hydrogen) atoms. The topological polar surface area (TPSA) is 15.3 Å². The van der Waals surface area contributed by atoms with Crippen LogP contribution in [0.15, 0.2) is 18.2 Å². The molecule has 1 aromatic carbocycles. The van der Waals surface area contributed by atoms with Crippen LogP contribution in [0.3, 0.4) is 0 Å². The predicted molar refractivity (Wildman–Crippen MR) is 83.8 cm³/mol. The highest BCUT2D eigenvalue weighted by Gasteiger charge is 2.28. The maximum absolute atomic E-state index is 3.47. The average molecular weight is 260 g/mol. The third-order valence-corrected chi connectivity index (χ3v) is 4.18. The molecule has 0 bridgehead atoms. The van der Waals surface area contributed by atoms with E-state index in [0.29, 0.717) is 6.04 Å². The van der Waals surface area contributed by atoms with Gasteiger partial charge in [0.2, 0.25) is 0 Å². The van der Waals surface area contributed by atoms with E-state index < -0.39 is 0 Å². The third-order valence-electron chi connectivity index (χ3n) is 4.18. The van der Waals surface area contributed by atoms with Crippen LogP contribution in [0.4, 0.5) is 5.69 Å². The van der Waals surface area contributed by atoms with E-state index >= 15 is 0 Å². The molecule has 0 radical (unpaired) electrons. The van der Waals surface area contributed by atoms with Gasteiger partial charge in [-0.2, -0.15) is 0 Å². The van der Waals surface area contributed by atoms with Gasteiger partial charge in [0, 0.05) is 24.8 Å². The summed E-state index contributed by atoms with van der Waals surface area (Å²) in [6.45, 7) is 12.3. The van der Waals surface area contributed by atoms with Crippen LogP contribution in [0.25, 0.3) is 0 Å². The minimum atomic E-state index is 0.711. The number of hydrogen-bond acceptors (Lipinski definition) is 2. The lowest BCUT2D eigenvalue weighted by molar-refractivity contribution is 0.491. The standard InChI is InChI=1S/C17H28N2/c1-5-18-12-15-11-14(4)8-9-17(15)19-10-6-7-16(19)13(2)3/h8-9,11,13,16,18H,5-7,10,12H2,1-4H3. The van der Waals surface area contributed by atoms with E-state index in [1.807, 2.05) is 0 Å². The number of nitrogens with one attached hydrogen (secondary N) is 1. The van der Waals surface area contributed by atoms with Crippen molar-refractivity contribution < 1.29 is 0 Å². The number of rotatable bonds is 5. The molecule has 1 fully saturated rings. The summed E-state index contributed by atoms with van der Waals surface area (Å²) < 4.78 is 0. The van der Waals surface area contributed by atoms with Gasteiger partial charge in [-0.05, 0) is 43.9 Å². The first kappa shape index (κ1) is 14.4. The maximum Gasteiger partial charge on any atom is 0.0414 e. The molecule has 0 aromatic heterocycles. The predicted octanol–water partition coefficient (Wildman–Crippen LogP) is 3.73. The molecule has 106 valence electrons. The van der Waals surface area contributed by atoms with Crippen LogP contribution >= 0.6 is 0 Å². The van der Waals surface area contributed by atoms with E-state index in [-0.39, 0.29) is 0 Å². The Bertz CT molecular complexity index is 412. The Morgan fingerprint density at radius 1 is 1.37 bits per heavy atom. The molecular formula is C17H28N2. The molecule has 2 heteroatoms. The fourth-order valence-corrected chi connectivity index (χ4v) is 3.18. The molecule has 1 aliphatic heterocycles. The Morgan fingerprint density at radius 3 is 2.84 bits per heavy atom. The minimum Gasteiger partial charge on any atom is -0.368 e. The summed E-state index contributed by atoms with van der Waals surface area (Å²) in [5.74, 6) is 0.732. The van der Waals surface area contributed by atoms with Crippen LogP contribution in [0.1, 0.15) is 44.7 Å². The highest BCUT2D eigenvalue weighted by molar-refractivity contribution is 5.56. The summed E-state index contributed by atoms with van der Waals surface area (Å²) in [5.41, 5.74) is 4.26. The van der Waals surface area contributed by atoms with Crippen molar-refractivity contribution >= 4 is 5.69 Å². The van der Waals surface area contributed by atoms with Gasteiger partial charge in [-0.3, -0.25) is 0 Å².